The Bertz CT molecular complexity index is 1390. The summed E-state index contributed by atoms with van der Waals surface area (Å²) in [5, 5.41) is 7.89. The molecule has 1 N–H and O–H groups in total. The van der Waals surface area contributed by atoms with Gasteiger partial charge in [-0.3, -0.25) is 0 Å². The Morgan fingerprint density at radius 3 is 2.66 bits per heavy atom. The van der Waals surface area contributed by atoms with Crippen molar-refractivity contribution in [3.8, 4) is 5.75 Å². The van der Waals surface area contributed by atoms with E-state index in [0.29, 0.717) is 17.3 Å². The SMILES string of the molecule is Fc1ccc2c(c1)C1=C([C@H](c3ccccc3)n3ncnc3N1)[C@@H](c1ccc(Br)cc1Br)O2. The van der Waals surface area contributed by atoms with E-state index in [2.05, 4.69) is 59.4 Å². The molecule has 2 atom stereocenters. The molecule has 2 aliphatic rings. The van der Waals surface area contributed by atoms with Crippen LogP contribution in [0.15, 0.2) is 87.6 Å². The van der Waals surface area contributed by atoms with E-state index in [0.717, 1.165) is 31.3 Å². The van der Waals surface area contributed by atoms with Crippen LogP contribution < -0.4 is 10.1 Å². The van der Waals surface area contributed by atoms with Crippen LogP contribution in [0, 0.1) is 5.82 Å². The van der Waals surface area contributed by atoms with Crippen molar-refractivity contribution in [3.63, 3.8) is 0 Å². The van der Waals surface area contributed by atoms with E-state index < -0.39 is 6.10 Å². The minimum Gasteiger partial charge on any atom is -0.480 e. The van der Waals surface area contributed by atoms with Gasteiger partial charge in [-0.15, -0.1) is 0 Å². The molecular formula is C24H15Br2FN4O. The highest BCUT2D eigenvalue weighted by molar-refractivity contribution is 9.11. The zero-order chi connectivity index (χ0) is 21.8. The molecule has 1 aromatic heterocycles. The fourth-order valence-electron chi connectivity index (χ4n) is 4.37. The fraction of sp³-hybridized carbons (Fsp3) is 0.0833. The van der Waals surface area contributed by atoms with E-state index in [9.17, 15) is 4.39 Å². The van der Waals surface area contributed by atoms with Gasteiger partial charge in [0.05, 0.1) is 5.70 Å². The maximum atomic E-state index is 14.3. The van der Waals surface area contributed by atoms with Crippen LogP contribution in [0.3, 0.4) is 0 Å². The summed E-state index contributed by atoms with van der Waals surface area (Å²) in [6.07, 6.45) is 1.09. The van der Waals surface area contributed by atoms with Crippen molar-refractivity contribution < 1.29 is 9.13 Å². The molecule has 0 bridgehead atoms. The van der Waals surface area contributed by atoms with Crippen molar-refractivity contribution in [2.24, 2.45) is 0 Å². The summed E-state index contributed by atoms with van der Waals surface area (Å²) >= 11 is 7.23. The lowest BCUT2D eigenvalue weighted by Crippen LogP contribution is -2.32. The number of hydrogen-bond acceptors (Lipinski definition) is 4. The standard InChI is InChI=1S/C24H15Br2FN4O/c25-14-6-8-16(18(26)10-14)23-20-21(17-11-15(27)7-9-19(17)32-23)30-24-28-12-29-31(24)22(20)13-4-2-1-3-5-13/h1-12,22-23H,(H,28,29,30)/t22-,23+/m0/s1. The molecule has 6 rings (SSSR count). The highest BCUT2D eigenvalue weighted by Crippen LogP contribution is 2.51. The summed E-state index contributed by atoms with van der Waals surface area (Å²) in [7, 11) is 0. The van der Waals surface area contributed by atoms with Gasteiger partial charge in [0, 0.05) is 25.6 Å². The largest absolute Gasteiger partial charge is 0.480 e. The molecule has 0 spiro atoms. The topological polar surface area (TPSA) is 52.0 Å². The summed E-state index contributed by atoms with van der Waals surface area (Å²) in [6, 6.07) is 20.4. The van der Waals surface area contributed by atoms with Gasteiger partial charge in [0.1, 0.15) is 23.9 Å². The zero-order valence-corrected chi connectivity index (χ0v) is 19.6. The Kier molecular flexibility index (Phi) is 4.66. The van der Waals surface area contributed by atoms with Crippen LogP contribution >= 0.6 is 31.9 Å². The van der Waals surface area contributed by atoms with Crippen LogP contribution in [0.1, 0.15) is 28.8 Å². The first-order chi connectivity index (χ1) is 15.6. The molecule has 32 heavy (non-hydrogen) atoms. The van der Waals surface area contributed by atoms with Gasteiger partial charge in [-0.25, -0.2) is 9.07 Å². The quantitative estimate of drug-likeness (QED) is 0.308. The van der Waals surface area contributed by atoms with Gasteiger partial charge >= 0.3 is 0 Å². The number of nitrogens with one attached hydrogen (secondary N) is 1. The number of ether oxygens (including phenoxy) is 1. The van der Waals surface area contributed by atoms with E-state index >= 15 is 0 Å². The Labute approximate surface area is 200 Å². The normalized spacial score (nSPS) is 18.8. The third kappa shape index (κ3) is 3.09. The smallest absolute Gasteiger partial charge is 0.226 e. The summed E-state index contributed by atoms with van der Waals surface area (Å²) in [5.41, 5.74) is 4.40. The lowest BCUT2D eigenvalue weighted by molar-refractivity contribution is 0.222. The molecule has 0 unspecified atom stereocenters. The second kappa shape index (κ2) is 7.56. The lowest BCUT2D eigenvalue weighted by Gasteiger charge is -2.39. The first kappa shape index (κ1) is 19.7. The summed E-state index contributed by atoms with van der Waals surface area (Å²) in [5.74, 6) is 0.883. The van der Waals surface area contributed by atoms with Gasteiger partial charge in [-0.2, -0.15) is 10.1 Å². The molecule has 0 aliphatic carbocycles. The van der Waals surface area contributed by atoms with Crippen molar-refractivity contribution in [1.82, 2.24) is 14.8 Å². The molecule has 4 aromatic rings. The van der Waals surface area contributed by atoms with Gasteiger partial charge in [-0.1, -0.05) is 68.3 Å². The van der Waals surface area contributed by atoms with Crippen LogP contribution in [-0.4, -0.2) is 14.8 Å². The fourth-order valence-corrected chi connectivity index (χ4v) is 5.63. The Hall–Kier alpha value is -2.97. The summed E-state index contributed by atoms with van der Waals surface area (Å²) in [6.45, 7) is 0. The minimum atomic E-state index is -0.430. The van der Waals surface area contributed by atoms with Crippen LogP contribution in [0.5, 0.6) is 5.75 Å². The van der Waals surface area contributed by atoms with Crippen LogP contribution in [0.2, 0.25) is 0 Å². The third-order valence-electron chi connectivity index (χ3n) is 5.74. The maximum absolute atomic E-state index is 14.3. The average Bonchev–Trinajstić information content (AvgIpc) is 3.26. The van der Waals surface area contributed by atoms with E-state index in [1.54, 1.807) is 6.07 Å². The van der Waals surface area contributed by atoms with E-state index in [4.69, 9.17) is 4.74 Å². The number of fused-ring (bicyclic) bond motifs is 3. The Morgan fingerprint density at radius 2 is 1.84 bits per heavy atom. The lowest BCUT2D eigenvalue weighted by atomic mass is 9.84. The van der Waals surface area contributed by atoms with Crippen molar-refractivity contribution in [2.75, 3.05) is 5.32 Å². The number of nitrogens with zero attached hydrogens (tertiary/aromatic N) is 3. The molecule has 0 fully saturated rings. The number of hydrogen-bond donors (Lipinski definition) is 1. The number of aromatic nitrogens is 3. The summed E-state index contributed by atoms with van der Waals surface area (Å²) < 4.78 is 24.5. The van der Waals surface area contributed by atoms with E-state index in [1.807, 2.05) is 41.1 Å². The highest BCUT2D eigenvalue weighted by atomic mass is 79.9. The van der Waals surface area contributed by atoms with Crippen molar-refractivity contribution >= 4 is 43.5 Å². The maximum Gasteiger partial charge on any atom is 0.226 e. The number of benzene rings is 3. The van der Waals surface area contributed by atoms with Gasteiger partial charge in [-0.05, 0) is 35.9 Å². The molecule has 8 heteroatoms. The Morgan fingerprint density at radius 1 is 1.00 bits per heavy atom. The highest BCUT2D eigenvalue weighted by Gasteiger charge is 2.41. The Balaban J connectivity index is 1.65. The number of rotatable bonds is 2. The van der Waals surface area contributed by atoms with E-state index in [-0.39, 0.29) is 11.9 Å². The second-order valence-corrected chi connectivity index (χ2v) is 9.37. The predicted octanol–water partition coefficient (Wildman–Crippen LogP) is 6.50. The van der Waals surface area contributed by atoms with Crippen LogP contribution in [0.25, 0.3) is 5.70 Å². The van der Waals surface area contributed by atoms with Crippen molar-refractivity contribution in [3.05, 3.63) is 110 Å². The molecule has 2 aliphatic heterocycles. The zero-order valence-electron chi connectivity index (χ0n) is 16.5. The molecule has 158 valence electrons. The monoisotopic (exact) mass is 552 g/mol. The van der Waals surface area contributed by atoms with Gasteiger partial charge in [0.2, 0.25) is 5.95 Å². The summed E-state index contributed by atoms with van der Waals surface area (Å²) in [4.78, 5) is 4.40. The third-order valence-corrected chi connectivity index (χ3v) is 6.92. The minimum absolute atomic E-state index is 0.276. The molecular weight excluding hydrogens is 539 g/mol. The molecule has 5 nitrogen and oxygen atoms in total. The van der Waals surface area contributed by atoms with Crippen LogP contribution in [-0.2, 0) is 0 Å². The van der Waals surface area contributed by atoms with Crippen LogP contribution in [0.4, 0.5) is 10.3 Å². The molecule has 0 amide bonds. The molecule has 0 saturated carbocycles. The predicted molar refractivity (Wildman–Crippen MR) is 127 cm³/mol. The molecule has 0 radical (unpaired) electrons. The molecule has 3 heterocycles. The van der Waals surface area contributed by atoms with Crippen molar-refractivity contribution in [1.29, 1.82) is 0 Å². The van der Waals surface area contributed by atoms with Gasteiger partial charge in [0.25, 0.3) is 0 Å². The van der Waals surface area contributed by atoms with Gasteiger partial charge < -0.3 is 10.1 Å². The molecule has 3 aromatic carbocycles. The molecule has 0 saturated heterocycles. The first-order valence-corrected chi connectivity index (χ1v) is 11.6. The van der Waals surface area contributed by atoms with Gasteiger partial charge in [0.15, 0.2) is 6.10 Å². The first-order valence-electron chi connectivity index (χ1n) is 9.97. The second-order valence-electron chi connectivity index (χ2n) is 7.60. The number of halogens is 3. The van der Waals surface area contributed by atoms with Crippen molar-refractivity contribution in [2.45, 2.75) is 12.1 Å². The number of anilines is 1. The van der Waals surface area contributed by atoms with E-state index in [1.165, 1.54) is 18.5 Å². The average molecular weight is 554 g/mol.